The summed E-state index contributed by atoms with van der Waals surface area (Å²) in [5, 5.41) is 8.52. The molecular formula is C19H23NO4S. The lowest BCUT2D eigenvalue weighted by atomic mass is 10.1. The summed E-state index contributed by atoms with van der Waals surface area (Å²) in [5.41, 5.74) is 3.09. The average molecular weight is 361 g/mol. The summed E-state index contributed by atoms with van der Waals surface area (Å²) >= 11 is 1.36. The van der Waals surface area contributed by atoms with Crippen molar-refractivity contribution in [3.8, 4) is 11.5 Å². The summed E-state index contributed by atoms with van der Waals surface area (Å²) in [6.07, 6.45) is 4.52. The molecule has 0 aliphatic carbocycles. The third-order valence-corrected chi connectivity index (χ3v) is 4.37. The lowest BCUT2D eigenvalue weighted by molar-refractivity contribution is -0.133. The van der Waals surface area contributed by atoms with E-state index in [9.17, 15) is 4.79 Å². The predicted molar refractivity (Wildman–Crippen MR) is 100 cm³/mol. The largest absolute Gasteiger partial charge is 0.481 e. The van der Waals surface area contributed by atoms with E-state index in [1.54, 1.807) is 0 Å². The third kappa shape index (κ3) is 6.76. The number of thioether (sulfide) groups is 1. The van der Waals surface area contributed by atoms with E-state index in [0.717, 1.165) is 17.0 Å². The molecule has 0 saturated carbocycles. The Morgan fingerprint density at radius 3 is 2.76 bits per heavy atom. The zero-order valence-corrected chi connectivity index (χ0v) is 15.3. The van der Waals surface area contributed by atoms with Crippen LogP contribution in [0.4, 0.5) is 0 Å². The van der Waals surface area contributed by atoms with Crippen molar-refractivity contribution < 1.29 is 19.1 Å². The molecule has 0 spiro atoms. The van der Waals surface area contributed by atoms with Gasteiger partial charge in [0.25, 0.3) is 0 Å². The van der Waals surface area contributed by atoms with Gasteiger partial charge in [0.2, 0.25) is 5.89 Å². The quantitative estimate of drug-likeness (QED) is 0.511. The minimum atomic E-state index is -0.789. The molecule has 1 aromatic heterocycles. The van der Waals surface area contributed by atoms with Crippen LogP contribution in [0.3, 0.4) is 0 Å². The fourth-order valence-electron chi connectivity index (χ4n) is 2.15. The van der Waals surface area contributed by atoms with E-state index in [4.69, 9.17) is 14.3 Å². The molecule has 5 nitrogen and oxygen atoms in total. The van der Waals surface area contributed by atoms with Crippen molar-refractivity contribution in [3.63, 3.8) is 0 Å². The molecular weight excluding hydrogens is 338 g/mol. The number of aromatic nitrogens is 1. The summed E-state index contributed by atoms with van der Waals surface area (Å²) in [5.74, 6) is 1.48. The molecule has 134 valence electrons. The molecule has 25 heavy (non-hydrogen) atoms. The van der Waals surface area contributed by atoms with Gasteiger partial charge >= 0.3 is 5.97 Å². The maximum absolute atomic E-state index is 10.4. The monoisotopic (exact) mass is 361 g/mol. The predicted octanol–water partition coefficient (Wildman–Crippen LogP) is 3.89. The molecule has 0 aliphatic rings. The Morgan fingerprint density at radius 2 is 2.04 bits per heavy atom. The maximum Gasteiger partial charge on any atom is 0.313 e. The molecule has 0 aliphatic heterocycles. The standard InChI is InChI=1S/C19H23NO4S/c1-14-5-7-16(8-6-14)19-20-17(15(2)24-19)9-11-23-10-3-4-12-25-13-18(21)22/h3-8H,9-13H2,1-2H3,(H,21,22)/b4-3+. The van der Waals surface area contributed by atoms with Gasteiger partial charge in [-0.05, 0) is 26.0 Å². The first-order valence-corrected chi connectivity index (χ1v) is 9.27. The number of carbonyl (C=O) groups is 1. The first-order valence-electron chi connectivity index (χ1n) is 8.12. The van der Waals surface area contributed by atoms with Crippen molar-refractivity contribution in [1.29, 1.82) is 0 Å². The number of benzene rings is 1. The summed E-state index contributed by atoms with van der Waals surface area (Å²) in [6.45, 7) is 5.04. The van der Waals surface area contributed by atoms with Crippen LogP contribution in [-0.2, 0) is 16.0 Å². The zero-order chi connectivity index (χ0) is 18.1. The Balaban J connectivity index is 1.72. The van der Waals surface area contributed by atoms with Crippen LogP contribution in [0.25, 0.3) is 11.5 Å². The second-order valence-corrected chi connectivity index (χ2v) is 6.62. The number of hydrogen-bond donors (Lipinski definition) is 1. The molecule has 0 saturated heterocycles. The fourth-order valence-corrected chi connectivity index (χ4v) is 2.71. The van der Waals surface area contributed by atoms with Gasteiger partial charge in [-0.1, -0.05) is 29.8 Å². The molecule has 0 atom stereocenters. The number of ether oxygens (including phenoxy) is 1. The van der Waals surface area contributed by atoms with E-state index in [2.05, 4.69) is 4.98 Å². The number of rotatable bonds is 10. The minimum absolute atomic E-state index is 0.125. The van der Waals surface area contributed by atoms with Crippen LogP contribution in [0.15, 0.2) is 40.8 Å². The normalized spacial score (nSPS) is 11.3. The van der Waals surface area contributed by atoms with Crippen molar-refractivity contribution in [2.45, 2.75) is 20.3 Å². The van der Waals surface area contributed by atoms with Gasteiger partial charge in [0, 0.05) is 17.7 Å². The number of aryl methyl sites for hydroxylation is 2. The highest BCUT2D eigenvalue weighted by molar-refractivity contribution is 8.00. The van der Waals surface area contributed by atoms with Crippen molar-refractivity contribution in [2.24, 2.45) is 0 Å². The molecule has 0 fully saturated rings. The van der Waals surface area contributed by atoms with Gasteiger partial charge in [0.1, 0.15) is 5.76 Å². The second kappa shape index (κ2) is 10.1. The van der Waals surface area contributed by atoms with Gasteiger partial charge in [-0.3, -0.25) is 4.79 Å². The van der Waals surface area contributed by atoms with Gasteiger partial charge in [-0.25, -0.2) is 4.98 Å². The van der Waals surface area contributed by atoms with Crippen molar-refractivity contribution in [3.05, 3.63) is 53.4 Å². The number of carboxylic acid groups (broad SMARTS) is 1. The van der Waals surface area contributed by atoms with Crippen LogP contribution in [0, 0.1) is 13.8 Å². The molecule has 2 aromatic rings. The maximum atomic E-state index is 10.4. The number of carboxylic acids is 1. The summed E-state index contributed by atoms with van der Waals surface area (Å²) < 4.78 is 11.3. The highest BCUT2D eigenvalue weighted by Gasteiger charge is 2.11. The Kier molecular flexibility index (Phi) is 7.76. The molecule has 0 radical (unpaired) electrons. The summed E-state index contributed by atoms with van der Waals surface area (Å²) in [4.78, 5) is 14.9. The molecule has 0 unspecified atom stereocenters. The highest BCUT2D eigenvalue weighted by atomic mass is 32.2. The van der Waals surface area contributed by atoms with Gasteiger partial charge in [-0.2, -0.15) is 0 Å². The number of nitrogens with zero attached hydrogens (tertiary/aromatic N) is 1. The Labute approximate surface area is 152 Å². The van der Waals surface area contributed by atoms with Crippen LogP contribution in [0.5, 0.6) is 0 Å². The first-order chi connectivity index (χ1) is 12.1. The molecule has 0 amide bonds. The molecule has 1 heterocycles. The Hall–Kier alpha value is -2.05. The lowest BCUT2D eigenvalue weighted by Crippen LogP contribution is -2.00. The first kappa shape index (κ1) is 19.3. The summed E-state index contributed by atoms with van der Waals surface area (Å²) in [7, 11) is 0. The molecule has 1 N–H and O–H groups in total. The second-order valence-electron chi connectivity index (χ2n) is 5.59. The van der Waals surface area contributed by atoms with E-state index < -0.39 is 5.97 Å². The molecule has 6 heteroatoms. The van der Waals surface area contributed by atoms with Gasteiger partial charge in [0.05, 0.1) is 24.7 Å². The van der Waals surface area contributed by atoms with E-state index in [0.29, 0.717) is 31.3 Å². The van der Waals surface area contributed by atoms with Crippen LogP contribution in [0.1, 0.15) is 17.0 Å². The number of hydrogen-bond acceptors (Lipinski definition) is 5. The smallest absolute Gasteiger partial charge is 0.313 e. The Bertz CT molecular complexity index is 707. The summed E-state index contributed by atoms with van der Waals surface area (Å²) in [6, 6.07) is 8.10. The molecule has 2 rings (SSSR count). The highest BCUT2D eigenvalue weighted by Crippen LogP contribution is 2.22. The van der Waals surface area contributed by atoms with E-state index in [-0.39, 0.29) is 5.75 Å². The van der Waals surface area contributed by atoms with Crippen molar-refractivity contribution in [2.75, 3.05) is 24.7 Å². The van der Waals surface area contributed by atoms with E-state index >= 15 is 0 Å². The molecule has 0 bridgehead atoms. The van der Waals surface area contributed by atoms with Crippen LogP contribution < -0.4 is 0 Å². The average Bonchev–Trinajstić information content (AvgIpc) is 2.94. The van der Waals surface area contributed by atoms with Crippen LogP contribution in [-0.4, -0.2) is 40.8 Å². The lowest BCUT2D eigenvalue weighted by Gasteiger charge is -1.99. The number of aliphatic carboxylic acids is 1. The zero-order valence-electron chi connectivity index (χ0n) is 14.5. The van der Waals surface area contributed by atoms with Gasteiger partial charge < -0.3 is 14.3 Å². The van der Waals surface area contributed by atoms with Gasteiger partial charge in [-0.15, -0.1) is 11.8 Å². The number of oxazole rings is 1. The van der Waals surface area contributed by atoms with E-state index in [1.165, 1.54) is 17.3 Å². The third-order valence-electron chi connectivity index (χ3n) is 3.49. The Morgan fingerprint density at radius 1 is 1.28 bits per heavy atom. The van der Waals surface area contributed by atoms with Crippen LogP contribution in [0.2, 0.25) is 0 Å². The topological polar surface area (TPSA) is 72.6 Å². The minimum Gasteiger partial charge on any atom is -0.481 e. The van der Waals surface area contributed by atoms with Crippen molar-refractivity contribution >= 4 is 17.7 Å². The van der Waals surface area contributed by atoms with Crippen molar-refractivity contribution in [1.82, 2.24) is 4.98 Å². The fraction of sp³-hybridized carbons (Fsp3) is 0.368. The van der Waals surface area contributed by atoms with Gasteiger partial charge in [0.15, 0.2) is 0 Å². The van der Waals surface area contributed by atoms with Crippen LogP contribution >= 0.6 is 11.8 Å². The van der Waals surface area contributed by atoms with E-state index in [1.807, 2.05) is 50.3 Å². The molecule has 1 aromatic carbocycles. The SMILES string of the molecule is Cc1ccc(-c2nc(CCOC/C=C/CSCC(=O)O)c(C)o2)cc1.